The second kappa shape index (κ2) is 10.0. The molecule has 0 amide bonds. The van der Waals surface area contributed by atoms with Gasteiger partial charge in [0.05, 0.1) is 0 Å². The van der Waals surface area contributed by atoms with Gasteiger partial charge in [-0.25, -0.2) is 0 Å². The van der Waals surface area contributed by atoms with Crippen LogP contribution in [0.3, 0.4) is 0 Å². The molecule has 0 aromatic carbocycles. The molecule has 234 valence electrons. The highest BCUT2D eigenvalue weighted by atomic mass is 14.7. The van der Waals surface area contributed by atoms with Crippen molar-refractivity contribution in [2.75, 3.05) is 0 Å². The zero-order chi connectivity index (χ0) is 29.1. The molecule has 0 nitrogen and oxygen atoms in total. The van der Waals surface area contributed by atoms with Crippen molar-refractivity contribution in [3.8, 4) is 0 Å². The smallest absolute Gasteiger partial charge is 0.0230 e. The first kappa shape index (κ1) is 29.7. The van der Waals surface area contributed by atoms with E-state index >= 15 is 0 Å². The van der Waals surface area contributed by atoms with E-state index in [-0.39, 0.29) is 0 Å². The molecule has 13 atom stereocenters. The number of fused-ring (bicyclic) bond motifs is 11. The Hall–Kier alpha value is 0. The van der Waals surface area contributed by atoms with Gasteiger partial charge in [-0.05, 0) is 176 Å². The van der Waals surface area contributed by atoms with Crippen molar-refractivity contribution in [3.63, 3.8) is 0 Å². The van der Waals surface area contributed by atoms with Gasteiger partial charge in [0.1, 0.15) is 0 Å². The highest BCUT2D eigenvalue weighted by Gasteiger charge is 2.69. The van der Waals surface area contributed by atoms with E-state index < -0.39 is 0 Å². The Bertz CT molecular complexity index is 928. The molecular formula is C41H70. The molecule has 41 heavy (non-hydrogen) atoms. The van der Waals surface area contributed by atoms with Crippen LogP contribution in [-0.4, -0.2) is 0 Å². The van der Waals surface area contributed by atoms with Crippen molar-refractivity contribution >= 4 is 0 Å². The molecule has 0 heteroatoms. The molecule has 0 bridgehead atoms. The first-order chi connectivity index (χ1) is 19.2. The summed E-state index contributed by atoms with van der Waals surface area (Å²) >= 11 is 0. The van der Waals surface area contributed by atoms with Gasteiger partial charge in [0.25, 0.3) is 0 Å². The fraction of sp³-hybridized carbons (Fsp3) is 1.00. The molecule has 0 N–H and O–H groups in total. The molecule has 7 saturated carbocycles. The van der Waals surface area contributed by atoms with E-state index in [2.05, 4.69) is 62.3 Å². The zero-order valence-corrected chi connectivity index (χ0v) is 29.1. The quantitative estimate of drug-likeness (QED) is 0.275. The van der Waals surface area contributed by atoms with Crippen LogP contribution in [-0.2, 0) is 0 Å². The maximum atomic E-state index is 2.61. The molecule has 0 saturated heterocycles. The van der Waals surface area contributed by atoms with E-state index in [1.807, 2.05) is 0 Å². The van der Waals surface area contributed by atoms with Gasteiger partial charge in [0, 0.05) is 0 Å². The SMILES string of the molecule is CC(C)(C)C1CCC2C3C4C(CCC3C3(CC(C(C)(C)C)CC(C(C)(C)C)C3)C2C1)CC1C2CCCCC2CCC14. The molecule has 0 aromatic rings. The van der Waals surface area contributed by atoms with Crippen LogP contribution < -0.4 is 0 Å². The lowest BCUT2D eigenvalue weighted by atomic mass is 9.48. The second-order valence-corrected chi connectivity index (χ2v) is 21.1. The zero-order valence-electron chi connectivity index (χ0n) is 29.1. The molecule has 0 radical (unpaired) electrons. The van der Waals surface area contributed by atoms with E-state index in [1.165, 1.54) is 12.8 Å². The molecule has 7 fully saturated rings. The van der Waals surface area contributed by atoms with E-state index in [0.29, 0.717) is 21.7 Å². The Morgan fingerprint density at radius 2 is 1.02 bits per heavy atom. The van der Waals surface area contributed by atoms with E-state index in [0.717, 1.165) is 76.9 Å². The molecule has 0 aliphatic heterocycles. The summed E-state index contributed by atoms with van der Waals surface area (Å²) in [5.41, 5.74) is 2.00. The van der Waals surface area contributed by atoms with Gasteiger partial charge < -0.3 is 0 Å². The fourth-order valence-electron chi connectivity index (χ4n) is 14.6. The summed E-state index contributed by atoms with van der Waals surface area (Å²) in [6, 6.07) is 0. The van der Waals surface area contributed by atoms with Crippen LogP contribution in [0.5, 0.6) is 0 Å². The van der Waals surface area contributed by atoms with Crippen molar-refractivity contribution in [1.82, 2.24) is 0 Å². The van der Waals surface area contributed by atoms with E-state index in [4.69, 9.17) is 0 Å². The maximum absolute atomic E-state index is 2.61. The summed E-state index contributed by atoms with van der Waals surface area (Å²) in [6.45, 7) is 23.4. The average Bonchev–Trinajstić information content (AvgIpc) is 3.41. The summed E-state index contributed by atoms with van der Waals surface area (Å²) in [5.74, 6) is 13.7. The van der Waals surface area contributed by atoms with Gasteiger partial charge in [-0.2, -0.15) is 0 Å². The van der Waals surface area contributed by atoms with Gasteiger partial charge in [-0.3, -0.25) is 0 Å². The lowest BCUT2D eigenvalue weighted by Crippen LogP contribution is -2.49. The summed E-state index contributed by atoms with van der Waals surface area (Å²) in [7, 11) is 0. The first-order valence-electron chi connectivity index (χ1n) is 19.2. The molecule has 13 unspecified atom stereocenters. The summed E-state index contributed by atoms with van der Waals surface area (Å²) in [5, 5.41) is 0. The van der Waals surface area contributed by atoms with Crippen LogP contribution in [0.25, 0.3) is 0 Å². The summed E-state index contributed by atoms with van der Waals surface area (Å²) < 4.78 is 0. The molecule has 7 aliphatic carbocycles. The molecule has 7 aliphatic rings. The minimum atomic E-state index is 0.442. The maximum Gasteiger partial charge on any atom is -0.0230 e. The Morgan fingerprint density at radius 3 is 1.68 bits per heavy atom. The molecule has 7 rings (SSSR count). The third-order valence-corrected chi connectivity index (χ3v) is 16.7. The van der Waals surface area contributed by atoms with E-state index in [1.54, 1.807) is 83.5 Å². The first-order valence-corrected chi connectivity index (χ1v) is 19.2. The highest BCUT2D eigenvalue weighted by molar-refractivity contribution is 5.17. The van der Waals surface area contributed by atoms with Crippen LogP contribution >= 0.6 is 0 Å². The van der Waals surface area contributed by atoms with Gasteiger partial charge in [-0.1, -0.05) is 81.6 Å². The van der Waals surface area contributed by atoms with Crippen molar-refractivity contribution < 1.29 is 0 Å². The number of rotatable bonds is 0. The van der Waals surface area contributed by atoms with Gasteiger partial charge in [0.2, 0.25) is 0 Å². The summed E-state index contributed by atoms with van der Waals surface area (Å²) in [6.07, 6.45) is 23.7. The standard InChI is InChI=1S/C41H70/c1-38(2,3)27-16-18-32-35(22-27)41(23-28(39(4,5)6)21-29(24-41)40(7,8)9)34-19-15-26-20-33-30-13-11-10-12-25(30)14-17-31(33)36(26)37(32)34/h25-37H,10-24H2,1-9H3. The van der Waals surface area contributed by atoms with Crippen LogP contribution in [0.15, 0.2) is 0 Å². The fourth-order valence-corrected chi connectivity index (χ4v) is 14.6. The third-order valence-electron chi connectivity index (χ3n) is 16.7. The minimum absolute atomic E-state index is 0.442. The highest BCUT2D eigenvalue weighted by Crippen LogP contribution is 2.76. The lowest BCUT2D eigenvalue weighted by molar-refractivity contribution is -0.0794. The number of hydrogen-bond acceptors (Lipinski definition) is 0. The largest absolute Gasteiger partial charge is 0.0599 e. The van der Waals surface area contributed by atoms with Crippen LogP contribution in [0.1, 0.15) is 159 Å². The Morgan fingerprint density at radius 1 is 0.415 bits per heavy atom. The van der Waals surface area contributed by atoms with Crippen molar-refractivity contribution in [2.24, 2.45) is 98.6 Å². The van der Waals surface area contributed by atoms with Gasteiger partial charge in [-0.15, -0.1) is 0 Å². The van der Waals surface area contributed by atoms with Gasteiger partial charge in [0.15, 0.2) is 0 Å². The summed E-state index contributed by atoms with van der Waals surface area (Å²) in [4.78, 5) is 0. The Labute approximate surface area is 256 Å². The second-order valence-electron chi connectivity index (χ2n) is 21.1. The van der Waals surface area contributed by atoms with E-state index in [9.17, 15) is 0 Å². The Balaban J connectivity index is 1.29. The van der Waals surface area contributed by atoms with Crippen molar-refractivity contribution in [1.29, 1.82) is 0 Å². The molecular weight excluding hydrogens is 492 g/mol. The molecule has 1 spiro atoms. The van der Waals surface area contributed by atoms with Crippen molar-refractivity contribution in [3.05, 3.63) is 0 Å². The number of hydrogen-bond donors (Lipinski definition) is 0. The Kier molecular flexibility index (Phi) is 7.24. The topological polar surface area (TPSA) is 0 Å². The minimum Gasteiger partial charge on any atom is -0.0599 e. The van der Waals surface area contributed by atoms with Gasteiger partial charge >= 0.3 is 0 Å². The van der Waals surface area contributed by atoms with Crippen molar-refractivity contribution in [2.45, 2.75) is 159 Å². The normalized spacial score (nSPS) is 51.9. The van der Waals surface area contributed by atoms with Crippen LogP contribution in [0.4, 0.5) is 0 Å². The van der Waals surface area contributed by atoms with Crippen LogP contribution in [0, 0.1) is 98.6 Å². The average molecular weight is 563 g/mol. The predicted molar refractivity (Wildman–Crippen MR) is 175 cm³/mol. The lowest BCUT2D eigenvalue weighted by Gasteiger charge is -2.57. The van der Waals surface area contributed by atoms with Crippen LogP contribution in [0.2, 0.25) is 0 Å². The third kappa shape index (κ3) is 4.77. The molecule has 0 heterocycles. The predicted octanol–water partition coefficient (Wildman–Crippen LogP) is 12.1. The molecule has 0 aromatic heterocycles. The monoisotopic (exact) mass is 563 g/mol.